The molecule has 0 atom stereocenters. The summed E-state index contributed by atoms with van der Waals surface area (Å²) in [5, 5.41) is 1.09. The van der Waals surface area contributed by atoms with E-state index in [9.17, 15) is 0 Å². The second kappa shape index (κ2) is 4.30. The van der Waals surface area contributed by atoms with Crippen molar-refractivity contribution in [2.45, 2.75) is 13.8 Å². The number of nitrogens with zero attached hydrogens (tertiary/aromatic N) is 1. The van der Waals surface area contributed by atoms with Crippen LogP contribution in [0.25, 0.3) is 10.9 Å². The van der Waals surface area contributed by atoms with Gasteiger partial charge in [-0.05, 0) is 18.1 Å². The molecule has 2 aromatic rings. The van der Waals surface area contributed by atoms with Gasteiger partial charge in [-0.25, -0.2) is 0 Å². The van der Waals surface area contributed by atoms with Gasteiger partial charge in [0.1, 0.15) is 0 Å². The van der Waals surface area contributed by atoms with Gasteiger partial charge >= 0.3 is 0 Å². The zero-order valence-electron chi connectivity index (χ0n) is 7.83. The van der Waals surface area contributed by atoms with Crippen molar-refractivity contribution in [3.8, 4) is 0 Å². The van der Waals surface area contributed by atoms with Gasteiger partial charge in [0, 0.05) is 32.7 Å². The summed E-state index contributed by atoms with van der Waals surface area (Å²) >= 11 is 0. The first-order chi connectivity index (χ1) is 5.75. The molecular weight excluding hydrogens is 235 g/mol. The van der Waals surface area contributed by atoms with E-state index in [1.54, 1.807) is 0 Å². The van der Waals surface area contributed by atoms with Gasteiger partial charge in [0.15, 0.2) is 0 Å². The van der Waals surface area contributed by atoms with Crippen molar-refractivity contribution in [2.75, 3.05) is 0 Å². The van der Waals surface area contributed by atoms with E-state index in [1.807, 2.05) is 13.0 Å². The molecule has 0 bridgehead atoms. The van der Waals surface area contributed by atoms with Crippen LogP contribution in [-0.4, -0.2) is 4.98 Å². The topological polar surface area (TPSA) is 12.9 Å². The third kappa shape index (κ3) is 2.35. The first-order valence-electron chi connectivity index (χ1n) is 4.01. The summed E-state index contributed by atoms with van der Waals surface area (Å²) < 4.78 is 0. The number of benzene rings is 1. The van der Waals surface area contributed by atoms with E-state index in [1.165, 1.54) is 5.56 Å². The molecule has 0 saturated carbocycles. The summed E-state index contributed by atoms with van der Waals surface area (Å²) in [6.07, 6.45) is 0. The molecule has 0 fully saturated rings. The second-order valence-corrected chi connectivity index (χ2v) is 3.06. The van der Waals surface area contributed by atoms with Crippen molar-refractivity contribution in [2.24, 2.45) is 0 Å². The average molecular weight is 245 g/mol. The van der Waals surface area contributed by atoms with Crippen LogP contribution in [0.15, 0.2) is 24.3 Å². The molecule has 1 heterocycles. The summed E-state index contributed by atoms with van der Waals surface area (Å²) in [6, 6.07) is 11.3. The fourth-order valence-electron chi connectivity index (χ4n) is 1.26. The largest absolute Gasteiger partial charge is 0.349 e. The Morgan fingerprint density at radius 1 is 1.23 bits per heavy atom. The number of aryl methyl sites for hydroxylation is 2. The van der Waals surface area contributed by atoms with Crippen LogP contribution >= 0.6 is 0 Å². The molecule has 0 N–H and O–H groups in total. The molecule has 1 aromatic heterocycles. The van der Waals surface area contributed by atoms with E-state index in [0.717, 1.165) is 16.6 Å². The van der Waals surface area contributed by atoms with Gasteiger partial charge in [0.05, 0.1) is 0 Å². The average Bonchev–Trinajstić information content (AvgIpc) is 2.03. The zero-order chi connectivity index (χ0) is 8.55. The van der Waals surface area contributed by atoms with Crippen molar-refractivity contribution in [3.05, 3.63) is 41.6 Å². The number of rotatable bonds is 0. The number of hydrogen-bond acceptors (Lipinski definition) is 1. The fourth-order valence-corrected chi connectivity index (χ4v) is 1.26. The standard InChI is InChI=1S/C11H10N.Y/c1-8-3-5-10-6-4-9(2)12-11(10)7-8;/h3-5,7H,1-2H3;/q-1;. The minimum absolute atomic E-state index is 0. The number of fused-ring (bicyclic) bond motifs is 1. The molecule has 0 aliphatic heterocycles. The summed E-state index contributed by atoms with van der Waals surface area (Å²) in [7, 11) is 0. The van der Waals surface area contributed by atoms with Gasteiger partial charge in [-0.1, -0.05) is 18.6 Å². The van der Waals surface area contributed by atoms with Crippen molar-refractivity contribution >= 4 is 10.9 Å². The van der Waals surface area contributed by atoms with E-state index < -0.39 is 0 Å². The van der Waals surface area contributed by atoms with Gasteiger partial charge in [-0.15, -0.1) is 29.7 Å². The monoisotopic (exact) mass is 245 g/mol. The molecule has 0 unspecified atom stereocenters. The minimum atomic E-state index is 0. The summed E-state index contributed by atoms with van der Waals surface area (Å²) in [5.74, 6) is 0. The number of hydrogen-bond donors (Lipinski definition) is 0. The summed E-state index contributed by atoms with van der Waals surface area (Å²) in [4.78, 5) is 4.41. The van der Waals surface area contributed by atoms with Gasteiger partial charge < -0.3 is 4.98 Å². The number of pyridine rings is 1. The van der Waals surface area contributed by atoms with Crippen LogP contribution in [-0.2, 0) is 32.7 Å². The van der Waals surface area contributed by atoms with Gasteiger partial charge in [0.2, 0.25) is 0 Å². The van der Waals surface area contributed by atoms with Gasteiger partial charge in [0.25, 0.3) is 0 Å². The Hall–Kier alpha value is -0.266. The third-order valence-electron chi connectivity index (χ3n) is 1.89. The number of aromatic nitrogens is 1. The van der Waals surface area contributed by atoms with E-state index in [0.29, 0.717) is 0 Å². The SMILES string of the molecule is Cc1ccc2[c-]cc(C)nc2c1.[Y]. The normalized spacial score (nSPS) is 9.69. The van der Waals surface area contributed by atoms with Crippen molar-refractivity contribution in [1.29, 1.82) is 0 Å². The predicted molar refractivity (Wildman–Crippen MR) is 50.1 cm³/mol. The minimum Gasteiger partial charge on any atom is -0.349 e. The van der Waals surface area contributed by atoms with E-state index in [4.69, 9.17) is 0 Å². The van der Waals surface area contributed by atoms with Crippen molar-refractivity contribution in [3.63, 3.8) is 0 Å². The van der Waals surface area contributed by atoms with Crippen LogP contribution in [0.5, 0.6) is 0 Å². The van der Waals surface area contributed by atoms with Gasteiger partial charge in [-0.3, -0.25) is 0 Å². The van der Waals surface area contributed by atoms with E-state index >= 15 is 0 Å². The van der Waals surface area contributed by atoms with E-state index in [2.05, 4.69) is 36.2 Å². The smallest absolute Gasteiger partial charge is 0 e. The molecule has 0 saturated heterocycles. The molecule has 1 radical (unpaired) electrons. The predicted octanol–water partition coefficient (Wildman–Crippen LogP) is 2.65. The van der Waals surface area contributed by atoms with Gasteiger partial charge in [-0.2, -0.15) is 0 Å². The van der Waals surface area contributed by atoms with Crippen LogP contribution in [0.2, 0.25) is 0 Å². The molecule has 63 valence electrons. The second-order valence-electron chi connectivity index (χ2n) is 3.06. The Balaban J connectivity index is 0.000000845. The Bertz CT molecular complexity index is 387. The summed E-state index contributed by atoms with van der Waals surface area (Å²) in [6.45, 7) is 4.06. The van der Waals surface area contributed by atoms with E-state index in [-0.39, 0.29) is 32.7 Å². The van der Waals surface area contributed by atoms with Crippen molar-refractivity contribution in [1.82, 2.24) is 4.98 Å². The maximum atomic E-state index is 4.41. The van der Waals surface area contributed by atoms with Crippen molar-refractivity contribution < 1.29 is 32.7 Å². The summed E-state index contributed by atoms with van der Waals surface area (Å²) in [5.41, 5.74) is 3.30. The van der Waals surface area contributed by atoms with Crippen LogP contribution in [0.4, 0.5) is 0 Å². The molecule has 1 nitrogen and oxygen atoms in total. The first-order valence-corrected chi connectivity index (χ1v) is 4.01. The molecule has 2 rings (SSSR count). The molecule has 0 aliphatic rings. The maximum absolute atomic E-state index is 4.41. The Morgan fingerprint density at radius 2 is 2.00 bits per heavy atom. The molecule has 0 spiro atoms. The Labute approximate surface area is 103 Å². The maximum Gasteiger partial charge on any atom is 0 e. The third-order valence-corrected chi connectivity index (χ3v) is 1.89. The fraction of sp³-hybridized carbons (Fsp3) is 0.182. The first kappa shape index (κ1) is 10.8. The zero-order valence-corrected chi connectivity index (χ0v) is 10.7. The molecule has 1 aromatic carbocycles. The molecule has 13 heavy (non-hydrogen) atoms. The van der Waals surface area contributed by atoms with Crippen LogP contribution in [0.3, 0.4) is 0 Å². The molecule has 0 amide bonds. The van der Waals surface area contributed by atoms with Crippen LogP contribution in [0.1, 0.15) is 11.3 Å². The molecule has 2 heteroatoms. The van der Waals surface area contributed by atoms with Crippen LogP contribution < -0.4 is 0 Å². The Morgan fingerprint density at radius 3 is 2.77 bits per heavy atom. The Kier molecular flexibility index (Phi) is 3.58. The molecule has 0 aliphatic carbocycles. The quantitative estimate of drug-likeness (QED) is 0.650. The van der Waals surface area contributed by atoms with Crippen LogP contribution in [0, 0.1) is 19.9 Å². The molecular formula is C11H10NY-.